The van der Waals surface area contributed by atoms with Gasteiger partial charge in [0, 0.05) is 23.1 Å². The Labute approximate surface area is 121 Å². The van der Waals surface area contributed by atoms with Gasteiger partial charge in [-0.15, -0.1) is 0 Å². The van der Waals surface area contributed by atoms with Gasteiger partial charge in [0.2, 0.25) is 11.8 Å². The summed E-state index contributed by atoms with van der Waals surface area (Å²) in [5, 5.41) is 2.84. The lowest BCUT2D eigenvalue weighted by atomic mass is 10.1. The predicted octanol–water partition coefficient (Wildman–Crippen LogP) is 2.63. The molecule has 0 aliphatic carbocycles. The van der Waals surface area contributed by atoms with Crippen molar-refractivity contribution in [3.63, 3.8) is 0 Å². The first kappa shape index (κ1) is 14.1. The van der Waals surface area contributed by atoms with Crippen molar-refractivity contribution in [2.75, 3.05) is 18.4 Å². The first-order valence-corrected chi connectivity index (χ1v) is 7.11. The number of anilines is 1. The molecule has 1 saturated heterocycles. The zero-order valence-electron chi connectivity index (χ0n) is 11.1. The van der Waals surface area contributed by atoms with Crippen molar-refractivity contribution in [3.8, 4) is 0 Å². The Morgan fingerprint density at radius 3 is 2.53 bits per heavy atom. The van der Waals surface area contributed by atoms with E-state index in [1.807, 2.05) is 26.0 Å². The third-order valence-corrected chi connectivity index (χ3v) is 4.48. The number of likely N-dealkylation sites (tertiary alicyclic amines) is 1. The van der Waals surface area contributed by atoms with Gasteiger partial charge in [-0.2, -0.15) is 0 Å². The van der Waals surface area contributed by atoms with Gasteiger partial charge in [0.15, 0.2) is 0 Å². The molecule has 1 aromatic carbocycles. The zero-order chi connectivity index (χ0) is 14.0. The third kappa shape index (κ3) is 3.35. The summed E-state index contributed by atoms with van der Waals surface area (Å²) in [6, 6.07) is 3.83. The minimum absolute atomic E-state index is 0.0679. The van der Waals surface area contributed by atoms with Crippen LogP contribution < -0.4 is 5.32 Å². The van der Waals surface area contributed by atoms with Crippen LogP contribution in [0.5, 0.6) is 0 Å². The highest BCUT2D eigenvalue weighted by atomic mass is 79.9. The van der Waals surface area contributed by atoms with E-state index in [4.69, 9.17) is 0 Å². The van der Waals surface area contributed by atoms with Crippen LogP contribution in [0, 0.1) is 13.8 Å². The second kappa shape index (κ2) is 5.74. The number of hydrogen-bond donors (Lipinski definition) is 1. The molecule has 1 aromatic rings. The molecule has 0 aromatic heterocycles. The molecule has 0 spiro atoms. The van der Waals surface area contributed by atoms with Crippen LogP contribution in [0.1, 0.15) is 24.0 Å². The van der Waals surface area contributed by atoms with E-state index >= 15 is 0 Å². The molecule has 102 valence electrons. The number of aryl methyl sites for hydroxylation is 2. The van der Waals surface area contributed by atoms with Gasteiger partial charge in [0.25, 0.3) is 0 Å². The molecular weight excluding hydrogens is 308 g/mol. The second-order valence-corrected chi connectivity index (χ2v) is 5.68. The normalized spacial score (nSPS) is 14.9. The first-order valence-electron chi connectivity index (χ1n) is 6.32. The van der Waals surface area contributed by atoms with Crippen molar-refractivity contribution in [3.05, 3.63) is 27.7 Å². The number of rotatable bonds is 3. The van der Waals surface area contributed by atoms with Crippen molar-refractivity contribution >= 4 is 33.4 Å². The van der Waals surface area contributed by atoms with Crippen molar-refractivity contribution in [1.82, 2.24) is 4.90 Å². The predicted molar refractivity (Wildman–Crippen MR) is 78.1 cm³/mol. The van der Waals surface area contributed by atoms with Crippen LogP contribution in [0.15, 0.2) is 16.6 Å². The van der Waals surface area contributed by atoms with Crippen molar-refractivity contribution in [2.24, 2.45) is 0 Å². The summed E-state index contributed by atoms with van der Waals surface area (Å²) in [6.07, 6.45) is 1.41. The molecule has 4 nitrogen and oxygen atoms in total. The zero-order valence-corrected chi connectivity index (χ0v) is 12.7. The quantitative estimate of drug-likeness (QED) is 0.929. The number of nitrogens with one attached hydrogen (secondary N) is 1. The van der Waals surface area contributed by atoms with Gasteiger partial charge in [0.1, 0.15) is 0 Å². The van der Waals surface area contributed by atoms with Crippen LogP contribution in [0.4, 0.5) is 5.69 Å². The number of nitrogens with zero attached hydrogens (tertiary/aromatic N) is 1. The molecule has 0 saturated carbocycles. The number of carbonyl (C=O) groups is 2. The van der Waals surface area contributed by atoms with E-state index < -0.39 is 0 Å². The van der Waals surface area contributed by atoms with E-state index in [-0.39, 0.29) is 18.4 Å². The Bertz CT molecular complexity index is 505. The van der Waals surface area contributed by atoms with E-state index in [1.54, 1.807) is 4.90 Å². The van der Waals surface area contributed by atoms with Gasteiger partial charge < -0.3 is 10.2 Å². The molecule has 2 amide bonds. The monoisotopic (exact) mass is 324 g/mol. The first-order chi connectivity index (χ1) is 8.97. The Kier molecular flexibility index (Phi) is 4.24. The van der Waals surface area contributed by atoms with Crippen molar-refractivity contribution in [1.29, 1.82) is 0 Å². The van der Waals surface area contributed by atoms with Gasteiger partial charge >= 0.3 is 0 Å². The SMILES string of the molecule is Cc1cc(NC(=O)CN2CCCC2=O)cc(C)c1Br. The van der Waals surface area contributed by atoms with Crippen molar-refractivity contribution in [2.45, 2.75) is 26.7 Å². The summed E-state index contributed by atoms with van der Waals surface area (Å²) in [6.45, 7) is 4.80. The average Bonchev–Trinajstić information content (AvgIpc) is 2.72. The molecule has 0 bridgehead atoms. The minimum atomic E-state index is -0.142. The summed E-state index contributed by atoms with van der Waals surface area (Å²) in [5.74, 6) is -0.0744. The summed E-state index contributed by atoms with van der Waals surface area (Å²) >= 11 is 3.49. The van der Waals surface area contributed by atoms with Crippen LogP contribution in [0.25, 0.3) is 0 Å². The van der Waals surface area contributed by atoms with E-state index in [0.29, 0.717) is 13.0 Å². The van der Waals surface area contributed by atoms with E-state index in [9.17, 15) is 9.59 Å². The highest BCUT2D eigenvalue weighted by Gasteiger charge is 2.22. The Morgan fingerprint density at radius 1 is 1.37 bits per heavy atom. The van der Waals surface area contributed by atoms with E-state index in [0.717, 1.165) is 27.7 Å². The molecule has 1 N–H and O–H groups in total. The van der Waals surface area contributed by atoms with Crippen LogP contribution in [0.3, 0.4) is 0 Å². The van der Waals surface area contributed by atoms with Crippen molar-refractivity contribution < 1.29 is 9.59 Å². The molecule has 1 heterocycles. The fourth-order valence-electron chi connectivity index (χ4n) is 2.26. The molecule has 2 rings (SSSR count). The lowest BCUT2D eigenvalue weighted by molar-refractivity contribution is -0.131. The van der Waals surface area contributed by atoms with E-state index in [1.165, 1.54) is 0 Å². The van der Waals surface area contributed by atoms with Crippen LogP contribution in [-0.2, 0) is 9.59 Å². The number of hydrogen-bond acceptors (Lipinski definition) is 2. The molecule has 1 fully saturated rings. The molecule has 1 aliphatic heterocycles. The van der Waals surface area contributed by atoms with E-state index in [2.05, 4.69) is 21.2 Å². The molecule has 5 heteroatoms. The van der Waals surface area contributed by atoms with Gasteiger partial charge in [-0.3, -0.25) is 9.59 Å². The maximum absolute atomic E-state index is 11.9. The Balaban J connectivity index is 2.01. The van der Waals surface area contributed by atoms with Crippen LogP contribution in [-0.4, -0.2) is 29.8 Å². The standard InChI is InChI=1S/C14H17BrN2O2/c1-9-6-11(7-10(2)14(9)15)16-12(18)8-17-5-3-4-13(17)19/h6-7H,3-5,8H2,1-2H3,(H,16,18). The lowest BCUT2D eigenvalue weighted by Gasteiger charge is -2.15. The minimum Gasteiger partial charge on any atom is -0.333 e. The summed E-state index contributed by atoms with van der Waals surface area (Å²) < 4.78 is 1.06. The number of benzene rings is 1. The van der Waals surface area contributed by atoms with Gasteiger partial charge in [-0.1, -0.05) is 15.9 Å². The molecule has 0 unspecified atom stereocenters. The maximum atomic E-state index is 11.9. The molecule has 19 heavy (non-hydrogen) atoms. The Morgan fingerprint density at radius 2 is 2.00 bits per heavy atom. The number of carbonyl (C=O) groups excluding carboxylic acids is 2. The largest absolute Gasteiger partial charge is 0.333 e. The average molecular weight is 325 g/mol. The fraction of sp³-hybridized carbons (Fsp3) is 0.429. The topological polar surface area (TPSA) is 49.4 Å². The summed E-state index contributed by atoms with van der Waals surface area (Å²) in [4.78, 5) is 25.0. The summed E-state index contributed by atoms with van der Waals surface area (Å²) in [7, 11) is 0. The molecule has 1 aliphatic rings. The number of halogens is 1. The molecular formula is C14H17BrN2O2. The Hall–Kier alpha value is -1.36. The third-order valence-electron chi connectivity index (χ3n) is 3.23. The van der Waals surface area contributed by atoms with Gasteiger partial charge in [-0.05, 0) is 43.5 Å². The smallest absolute Gasteiger partial charge is 0.243 e. The lowest BCUT2D eigenvalue weighted by Crippen LogP contribution is -2.33. The molecule has 0 radical (unpaired) electrons. The maximum Gasteiger partial charge on any atom is 0.243 e. The highest BCUT2D eigenvalue weighted by molar-refractivity contribution is 9.10. The van der Waals surface area contributed by atoms with Crippen LogP contribution >= 0.6 is 15.9 Å². The van der Waals surface area contributed by atoms with Crippen LogP contribution in [0.2, 0.25) is 0 Å². The number of amides is 2. The molecule has 0 atom stereocenters. The highest BCUT2D eigenvalue weighted by Crippen LogP contribution is 2.25. The second-order valence-electron chi connectivity index (χ2n) is 4.89. The summed E-state index contributed by atoms with van der Waals surface area (Å²) in [5.41, 5.74) is 2.93. The van der Waals surface area contributed by atoms with Gasteiger partial charge in [0.05, 0.1) is 6.54 Å². The van der Waals surface area contributed by atoms with Gasteiger partial charge in [-0.25, -0.2) is 0 Å². The fourth-order valence-corrected chi connectivity index (χ4v) is 2.49.